The van der Waals surface area contributed by atoms with Gasteiger partial charge < -0.3 is 20.3 Å². The third kappa shape index (κ3) is 6.91. The fourth-order valence-corrected chi connectivity index (χ4v) is 4.25. The van der Waals surface area contributed by atoms with Gasteiger partial charge in [-0.25, -0.2) is 8.42 Å². The van der Waals surface area contributed by atoms with Crippen molar-refractivity contribution in [3.63, 3.8) is 0 Å². The summed E-state index contributed by atoms with van der Waals surface area (Å²) in [5, 5.41) is 6.40. The van der Waals surface area contributed by atoms with Crippen molar-refractivity contribution >= 4 is 15.8 Å². The minimum atomic E-state index is -2.90. The van der Waals surface area contributed by atoms with Gasteiger partial charge in [-0.2, -0.15) is 0 Å². The molecule has 0 bridgehead atoms. The van der Waals surface area contributed by atoms with Gasteiger partial charge in [0.1, 0.15) is 12.4 Å². The number of hydrogen-bond acceptors (Lipinski definition) is 5. The Kier molecular flexibility index (Phi) is 7.07. The topological polar surface area (TPSA) is 83.0 Å². The van der Waals surface area contributed by atoms with E-state index in [0.29, 0.717) is 25.5 Å². The molecule has 1 aromatic carbocycles. The zero-order valence-electron chi connectivity index (χ0n) is 15.2. The van der Waals surface area contributed by atoms with Crippen LogP contribution >= 0.6 is 0 Å². The summed E-state index contributed by atoms with van der Waals surface area (Å²) >= 11 is 0. The Hall–Kier alpha value is -1.80. The standard InChI is InChI=1S/C17H28N4O3S/c1-18-17(20-15-7-10-25(22,23)13-15)19-12-14-5-4-6-16(11-14)24-9-8-21(2)3/h4-6,11,15H,7-10,12-13H2,1-3H3,(H2,18,19,20). The van der Waals surface area contributed by atoms with Gasteiger partial charge in [-0.05, 0) is 38.2 Å². The maximum atomic E-state index is 11.5. The third-order valence-corrected chi connectivity index (χ3v) is 5.73. The van der Waals surface area contributed by atoms with Crippen LogP contribution in [0.1, 0.15) is 12.0 Å². The summed E-state index contributed by atoms with van der Waals surface area (Å²) in [7, 11) is 2.80. The molecule has 1 atom stereocenters. The van der Waals surface area contributed by atoms with Crippen molar-refractivity contribution in [1.29, 1.82) is 0 Å². The van der Waals surface area contributed by atoms with Gasteiger partial charge in [-0.3, -0.25) is 4.99 Å². The van der Waals surface area contributed by atoms with Crippen molar-refractivity contribution in [2.24, 2.45) is 4.99 Å². The second kappa shape index (κ2) is 9.05. The monoisotopic (exact) mass is 368 g/mol. The van der Waals surface area contributed by atoms with Crippen LogP contribution in [0.2, 0.25) is 0 Å². The Labute approximate surface area is 150 Å². The van der Waals surface area contributed by atoms with Crippen LogP contribution in [0, 0.1) is 0 Å². The smallest absolute Gasteiger partial charge is 0.191 e. The molecular weight excluding hydrogens is 340 g/mol. The molecule has 0 aliphatic carbocycles. The highest BCUT2D eigenvalue weighted by Crippen LogP contribution is 2.14. The van der Waals surface area contributed by atoms with E-state index in [1.807, 2.05) is 38.4 Å². The molecule has 1 aliphatic heterocycles. The number of hydrogen-bond donors (Lipinski definition) is 2. The molecule has 0 spiro atoms. The van der Waals surface area contributed by atoms with Crippen molar-refractivity contribution in [3.05, 3.63) is 29.8 Å². The lowest BCUT2D eigenvalue weighted by molar-refractivity contribution is 0.261. The first-order valence-electron chi connectivity index (χ1n) is 8.42. The van der Waals surface area contributed by atoms with Gasteiger partial charge in [0.25, 0.3) is 0 Å². The third-order valence-electron chi connectivity index (χ3n) is 3.96. The van der Waals surface area contributed by atoms with E-state index >= 15 is 0 Å². The molecule has 0 amide bonds. The van der Waals surface area contributed by atoms with Crippen molar-refractivity contribution in [2.45, 2.75) is 19.0 Å². The molecule has 1 saturated heterocycles. The van der Waals surface area contributed by atoms with E-state index in [4.69, 9.17) is 4.74 Å². The van der Waals surface area contributed by atoms with Crippen LogP contribution in [0.4, 0.5) is 0 Å². The molecule has 25 heavy (non-hydrogen) atoms. The number of sulfone groups is 1. The Morgan fingerprint density at radius 3 is 2.84 bits per heavy atom. The van der Waals surface area contributed by atoms with Gasteiger partial charge in [0.15, 0.2) is 15.8 Å². The lowest BCUT2D eigenvalue weighted by Gasteiger charge is -2.16. The molecule has 1 aliphatic rings. The van der Waals surface area contributed by atoms with Crippen LogP contribution in [0.15, 0.2) is 29.3 Å². The minimum Gasteiger partial charge on any atom is -0.492 e. The molecule has 2 N–H and O–H groups in total. The summed E-state index contributed by atoms with van der Waals surface area (Å²) in [6.45, 7) is 2.09. The fraction of sp³-hybridized carbons (Fsp3) is 0.588. The zero-order chi connectivity index (χ0) is 18.3. The molecule has 0 radical (unpaired) electrons. The maximum absolute atomic E-state index is 11.5. The Balaban J connectivity index is 1.83. The quantitative estimate of drug-likeness (QED) is 0.538. The number of nitrogens with zero attached hydrogens (tertiary/aromatic N) is 2. The van der Waals surface area contributed by atoms with E-state index in [1.165, 1.54) is 0 Å². The van der Waals surface area contributed by atoms with Crippen molar-refractivity contribution < 1.29 is 13.2 Å². The van der Waals surface area contributed by atoms with E-state index in [-0.39, 0.29) is 17.5 Å². The summed E-state index contributed by atoms with van der Waals surface area (Å²) in [6.07, 6.45) is 0.623. The summed E-state index contributed by atoms with van der Waals surface area (Å²) in [4.78, 5) is 6.24. The van der Waals surface area contributed by atoms with Gasteiger partial charge in [0, 0.05) is 26.2 Å². The SMILES string of the molecule is CN=C(NCc1cccc(OCCN(C)C)c1)NC1CCS(=O)(=O)C1. The summed E-state index contributed by atoms with van der Waals surface area (Å²) < 4.78 is 28.8. The summed E-state index contributed by atoms with van der Waals surface area (Å²) in [6, 6.07) is 7.84. The number of benzene rings is 1. The predicted molar refractivity (Wildman–Crippen MR) is 101 cm³/mol. The molecular formula is C17H28N4O3S. The number of nitrogens with one attached hydrogen (secondary N) is 2. The van der Waals surface area contributed by atoms with Gasteiger partial charge >= 0.3 is 0 Å². The van der Waals surface area contributed by atoms with Crippen molar-refractivity contribution in [3.8, 4) is 5.75 Å². The first kappa shape index (κ1) is 19.5. The molecule has 1 fully saturated rings. The van der Waals surface area contributed by atoms with E-state index in [2.05, 4.69) is 20.5 Å². The molecule has 7 nitrogen and oxygen atoms in total. The van der Waals surface area contributed by atoms with E-state index in [0.717, 1.165) is 17.9 Å². The lowest BCUT2D eigenvalue weighted by atomic mass is 10.2. The molecule has 0 aromatic heterocycles. The van der Waals surface area contributed by atoms with Gasteiger partial charge in [0.2, 0.25) is 0 Å². The van der Waals surface area contributed by atoms with Crippen molar-refractivity contribution in [2.75, 3.05) is 45.8 Å². The summed E-state index contributed by atoms with van der Waals surface area (Å²) in [5.74, 6) is 1.86. The summed E-state index contributed by atoms with van der Waals surface area (Å²) in [5.41, 5.74) is 1.07. The van der Waals surface area contributed by atoms with E-state index in [9.17, 15) is 8.42 Å². The van der Waals surface area contributed by atoms with E-state index < -0.39 is 9.84 Å². The largest absolute Gasteiger partial charge is 0.492 e. The average Bonchev–Trinajstić information content (AvgIpc) is 2.90. The Bertz CT molecular complexity index is 689. The second-order valence-electron chi connectivity index (χ2n) is 6.47. The molecule has 1 unspecified atom stereocenters. The van der Waals surface area contributed by atoms with Gasteiger partial charge in [-0.1, -0.05) is 12.1 Å². The van der Waals surface area contributed by atoms with Crippen LogP contribution in [-0.2, 0) is 16.4 Å². The van der Waals surface area contributed by atoms with Crippen LogP contribution in [0.5, 0.6) is 5.75 Å². The van der Waals surface area contributed by atoms with Gasteiger partial charge in [0.05, 0.1) is 11.5 Å². The maximum Gasteiger partial charge on any atom is 0.191 e. The number of rotatable bonds is 7. The van der Waals surface area contributed by atoms with Crippen LogP contribution in [0.25, 0.3) is 0 Å². The van der Waals surface area contributed by atoms with Crippen LogP contribution in [0.3, 0.4) is 0 Å². The molecule has 0 saturated carbocycles. The molecule has 1 aromatic rings. The predicted octanol–water partition coefficient (Wildman–Crippen LogP) is 0.479. The first-order valence-corrected chi connectivity index (χ1v) is 10.2. The number of aliphatic imine (C=N–C) groups is 1. The molecule has 2 rings (SSSR count). The Morgan fingerprint density at radius 2 is 2.20 bits per heavy atom. The second-order valence-corrected chi connectivity index (χ2v) is 8.70. The number of guanidine groups is 1. The van der Waals surface area contributed by atoms with Crippen LogP contribution < -0.4 is 15.4 Å². The van der Waals surface area contributed by atoms with E-state index in [1.54, 1.807) is 7.05 Å². The fourth-order valence-electron chi connectivity index (χ4n) is 2.57. The first-order chi connectivity index (χ1) is 11.9. The highest BCUT2D eigenvalue weighted by Gasteiger charge is 2.28. The van der Waals surface area contributed by atoms with Crippen LogP contribution in [-0.4, -0.2) is 71.1 Å². The van der Waals surface area contributed by atoms with Crippen molar-refractivity contribution in [1.82, 2.24) is 15.5 Å². The molecule has 140 valence electrons. The highest BCUT2D eigenvalue weighted by atomic mass is 32.2. The number of ether oxygens (including phenoxy) is 1. The minimum absolute atomic E-state index is 0.0723. The van der Waals surface area contributed by atoms with Gasteiger partial charge in [-0.15, -0.1) is 0 Å². The average molecular weight is 369 g/mol. The molecule has 1 heterocycles. The normalized spacial score (nSPS) is 19.8. The molecule has 8 heteroatoms. The zero-order valence-corrected chi connectivity index (χ0v) is 16.0. The lowest BCUT2D eigenvalue weighted by Crippen LogP contribution is -2.43. The number of likely N-dealkylation sites (N-methyl/N-ethyl adjacent to an activating group) is 1. The Morgan fingerprint density at radius 1 is 1.40 bits per heavy atom. The highest BCUT2D eigenvalue weighted by molar-refractivity contribution is 7.91.